The van der Waals surface area contributed by atoms with Gasteiger partial charge in [0.25, 0.3) is 15.9 Å². The van der Waals surface area contributed by atoms with Crippen molar-refractivity contribution in [2.24, 2.45) is 0 Å². The molecule has 0 atom stereocenters. The Morgan fingerprint density at radius 3 is 2.20 bits per heavy atom. The van der Waals surface area contributed by atoms with Gasteiger partial charge in [0.1, 0.15) is 4.90 Å². The Labute approximate surface area is 148 Å². The number of hydrogen-bond acceptors (Lipinski definition) is 3. The summed E-state index contributed by atoms with van der Waals surface area (Å²) in [6, 6.07) is 15.3. The lowest BCUT2D eigenvalue weighted by molar-refractivity contribution is 0.0720. The summed E-state index contributed by atoms with van der Waals surface area (Å²) < 4.78 is 27.4. The molecule has 1 aliphatic heterocycles. The molecule has 0 aromatic heterocycles. The average Bonchev–Trinajstić information content (AvgIpc) is 2.68. The minimum absolute atomic E-state index is 0.0527. The highest BCUT2D eigenvalue weighted by Gasteiger charge is 2.29. The van der Waals surface area contributed by atoms with Gasteiger partial charge < -0.3 is 4.90 Å². The minimum atomic E-state index is -3.82. The molecule has 2 aromatic rings. The molecular weight excluding hydrogens is 336 g/mol. The lowest BCUT2D eigenvalue weighted by Crippen LogP contribution is -2.37. The Morgan fingerprint density at radius 1 is 0.920 bits per heavy atom. The smallest absolute Gasteiger partial charge is 0.264 e. The van der Waals surface area contributed by atoms with Crippen LogP contribution in [0.15, 0.2) is 59.5 Å². The molecule has 0 unspecified atom stereocenters. The SMILES string of the molecule is CN(c1ccccc1)S(=O)(=O)c1ccccc1C(=O)N1CCCCC1. The van der Waals surface area contributed by atoms with Crippen molar-refractivity contribution in [3.05, 3.63) is 60.2 Å². The number of anilines is 1. The molecular formula is C19H22N2O3S. The van der Waals surface area contributed by atoms with Crippen LogP contribution in [0.4, 0.5) is 5.69 Å². The van der Waals surface area contributed by atoms with Crippen molar-refractivity contribution in [2.75, 3.05) is 24.4 Å². The Hall–Kier alpha value is -2.34. The van der Waals surface area contributed by atoms with Crippen LogP contribution in [0.1, 0.15) is 29.6 Å². The standard InChI is InChI=1S/C19H22N2O3S/c1-20(16-10-4-2-5-11-16)25(23,24)18-13-7-6-12-17(18)19(22)21-14-8-3-9-15-21/h2,4-7,10-13H,3,8-9,14-15H2,1H3. The van der Waals surface area contributed by atoms with E-state index in [4.69, 9.17) is 0 Å². The first-order valence-electron chi connectivity index (χ1n) is 8.44. The summed E-state index contributed by atoms with van der Waals surface area (Å²) in [6.45, 7) is 1.36. The molecule has 25 heavy (non-hydrogen) atoms. The first-order chi connectivity index (χ1) is 12.0. The molecule has 1 heterocycles. The Bertz CT molecular complexity index is 844. The van der Waals surface area contributed by atoms with Crippen molar-refractivity contribution >= 4 is 21.6 Å². The van der Waals surface area contributed by atoms with Gasteiger partial charge in [0, 0.05) is 20.1 Å². The summed E-state index contributed by atoms with van der Waals surface area (Å²) in [7, 11) is -2.31. The number of carbonyl (C=O) groups excluding carboxylic acids is 1. The zero-order valence-corrected chi connectivity index (χ0v) is 15.1. The van der Waals surface area contributed by atoms with E-state index in [1.54, 1.807) is 47.4 Å². The molecule has 0 radical (unpaired) electrons. The van der Waals surface area contributed by atoms with Crippen LogP contribution >= 0.6 is 0 Å². The van der Waals surface area contributed by atoms with Gasteiger partial charge >= 0.3 is 0 Å². The van der Waals surface area contributed by atoms with E-state index in [1.165, 1.54) is 17.4 Å². The van der Waals surface area contributed by atoms with Gasteiger partial charge in [-0.1, -0.05) is 30.3 Å². The highest BCUT2D eigenvalue weighted by molar-refractivity contribution is 7.92. The molecule has 132 valence electrons. The third-order valence-corrected chi connectivity index (χ3v) is 6.36. The van der Waals surface area contributed by atoms with Crippen molar-refractivity contribution < 1.29 is 13.2 Å². The third-order valence-electron chi connectivity index (χ3n) is 4.52. The highest BCUT2D eigenvalue weighted by Crippen LogP contribution is 2.26. The summed E-state index contributed by atoms with van der Waals surface area (Å²) in [5.74, 6) is -0.208. The van der Waals surface area contributed by atoms with E-state index in [9.17, 15) is 13.2 Å². The largest absolute Gasteiger partial charge is 0.339 e. The summed E-state index contributed by atoms with van der Waals surface area (Å²) in [4.78, 5) is 14.7. The minimum Gasteiger partial charge on any atom is -0.339 e. The summed E-state index contributed by atoms with van der Waals surface area (Å²) in [5.41, 5.74) is 0.801. The van der Waals surface area contributed by atoms with Crippen molar-refractivity contribution in [2.45, 2.75) is 24.2 Å². The van der Waals surface area contributed by atoms with Gasteiger partial charge in [-0.15, -0.1) is 0 Å². The van der Waals surface area contributed by atoms with Crippen LogP contribution in [0, 0.1) is 0 Å². The van der Waals surface area contributed by atoms with E-state index in [1.807, 2.05) is 6.07 Å². The van der Waals surface area contributed by atoms with Gasteiger partial charge in [0.2, 0.25) is 0 Å². The lowest BCUT2D eigenvalue weighted by atomic mass is 10.1. The number of nitrogens with zero attached hydrogens (tertiary/aromatic N) is 2. The molecule has 0 aliphatic carbocycles. The maximum absolute atomic E-state index is 13.1. The Balaban J connectivity index is 1.98. The molecule has 0 bridgehead atoms. The van der Waals surface area contributed by atoms with Crippen LogP contribution in [0.25, 0.3) is 0 Å². The fourth-order valence-electron chi connectivity index (χ4n) is 3.06. The maximum Gasteiger partial charge on any atom is 0.264 e. The van der Waals surface area contributed by atoms with Crippen molar-refractivity contribution in [1.29, 1.82) is 0 Å². The van der Waals surface area contributed by atoms with Crippen LogP contribution < -0.4 is 4.31 Å². The van der Waals surface area contributed by atoms with Crippen LogP contribution in [-0.4, -0.2) is 39.4 Å². The Morgan fingerprint density at radius 2 is 1.52 bits per heavy atom. The van der Waals surface area contributed by atoms with Crippen LogP contribution in [-0.2, 0) is 10.0 Å². The molecule has 1 saturated heterocycles. The number of amides is 1. The fraction of sp³-hybridized carbons (Fsp3) is 0.316. The number of hydrogen-bond donors (Lipinski definition) is 0. The molecule has 3 rings (SSSR count). The van der Waals surface area contributed by atoms with Crippen LogP contribution in [0.5, 0.6) is 0 Å². The van der Waals surface area contributed by atoms with Gasteiger partial charge in [-0.3, -0.25) is 9.10 Å². The first-order valence-corrected chi connectivity index (χ1v) is 9.88. The van der Waals surface area contributed by atoms with Gasteiger partial charge in [-0.2, -0.15) is 0 Å². The summed E-state index contributed by atoms with van der Waals surface area (Å²) in [6.07, 6.45) is 3.04. The number of likely N-dealkylation sites (tertiary alicyclic amines) is 1. The number of rotatable bonds is 4. The topological polar surface area (TPSA) is 57.7 Å². The molecule has 1 aliphatic rings. The van der Waals surface area contributed by atoms with Gasteiger partial charge in [0.15, 0.2) is 0 Å². The van der Waals surface area contributed by atoms with Crippen LogP contribution in [0.3, 0.4) is 0 Å². The molecule has 5 nitrogen and oxygen atoms in total. The second-order valence-corrected chi connectivity index (χ2v) is 8.09. The van der Waals surface area contributed by atoms with E-state index >= 15 is 0 Å². The van der Waals surface area contributed by atoms with E-state index < -0.39 is 10.0 Å². The normalized spacial score (nSPS) is 15.0. The zero-order valence-electron chi connectivity index (χ0n) is 14.3. The molecule has 2 aromatic carbocycles. The second kappa shape index (κ2) is 7.27. The zero-order chi connectivity index (χ0) is 17.9. The predicted octanol–water partition coefficient (Wildman–Crippen LogP) is 3.14. The number of piperidine rings is 1. The van der Waals surface area contributed by atoms with Gasteiger partial charge in [-0.05, 0) is 43.5 Å². The Kier molecular flexibility index (Phi) is 5.08. The number of para-hydroxylation sites is 1. The summed E-state index contributed by atoms with van der Waals surface area (Å²) >= 11 is 0. The first kappa shape index (κ1) is 17.5. The number of sulfonamides is 1. The maximum atomic E-state index is 13.1. The fourth-order valence-corrected chi connectivity index (χ4v) is 4.44. The molecule has 0 N–H and O–H groups in total. The lowest BCUT2D eigenvalue weighted by Gasteiger charge is -2.28. The van der Waals surface area contributed by atoms with Gasteiger partial charge in [-0.25, -0.2) is 8.42 Å². The molecule has 0 saturated carbocycles. The van der Waals surface area contributed by atoms with Gasteiger partial charge in [0.05, 0.1) is 11.3 Å². The summed E-state index contributed by atoms with van der Waals surface area (Å²) in [5, 5.41) is 0. The van der Waals surface area contributed by atoms with Crippen LogP contribution in [0.2, 0.25) is 0 Å². The molecule has 1 amide bonds. The van der Waals surface area contributed by atoms with Crippen molar-refractivity contribution in [3.8, 4) is 0 Å². The van der Waals surface area contributed by atoms with E-state index in [2.05, 4.69) is 0 Å². The van der Waals surface area contributed by atoms with E-state index in [0.29, 0.717) is 18.8 Å². The monoisotopic (exact) mass is 358 g/mol. The van der Waals surface area contributed by atoms with Crippen molar-refractivity contribution in [3.63, 3.8) is 0 Å². The van der Waals surface area contributed by atoms with E-state index in [0.717, 1.165) is 19.3 Å². The molecule has 0 spiro atoms. The average molecular weight is 358 g/mol. The predicted molar refractivity (Wildman–Crippen MR) is 98.2 cm³/mol. The molecule has 1 fully saturated rings. The quantitative estimate of drug-likeness (QED) is 0.844. The second-order valence-electron chi connectivity index (χ2n) is 6.16. The third kappa shape index (κ3) is 3.54. The molecule has 6 heteroatoms. The highest BCUT2D eigenvalue weighted by atomic mass is 32.2. The number of benzene rings is 2. The van der Waals surface area contributed by atoms with Crippen molar-refractivity contribution in [1.82, 2.24) is 4.90 Å². The number of carbonyl (C=O) groups is 1. The van der Waals surface area contributed by atoms with E-state index in [-0.39, 0.29) is 16.4 Å².